The lowest BCUT2D eigenvalue weighted by molar-refractivity contribution is -0.0504. The number of halogens is 4. The van der Waals surface area contributed by atoms with Crippen LogP contribution in [0.15, 0.2) is 27.7 Å². The van der Waals surface area contributed by atoms with Gasteiger partial charge < -0.3 is 19.9 Å². The Morgan fingerprint density at radius 1 is 1.31 bits per heavy atom. The minimum atomic E-state index is -2.90. The van der Waals surface area contributed by atoms with Crippen molar-refractivity contribution in [1.82, 2.24) is 20.8 Å². The first-order chi connectivity index (χ1) is 13.4. The molecular formula is C18H25ClF2IN5O2. The first kappa shape index (κ1) is 25.3. The molecule has 7 nitrogen and oxygen atoms in total. The summed E-state index contributed by atoms with van der Waals surface area (Å²) in [5.41, 5.74) is 0.503. The molecule has 1 aromatic carbocycles. The summed E-state index contributed by atoms with van der Waals surface area (Å²) < 4.78 is 34.8. The van der Waals surface area contributed by atoms with E-state index in [1.165, 1.54) is 12.1 Å². The molecule has 0 unspecified atom stereocenters. The number of ether oxygens (including phenoxy) is 1. The summed E-state index contributed by atoms with van der Waals surface area (Å²) in [6.07, 6.45) is 1.40. The lowest BCUT2D eigenvalue weighted by Crippen LogP contribution is -2.37. The van der Waals surface area contributed by atoms with Gasteiger partial charge in [-0.05, 0) is 24.6 Å². The van der Waals surface area contributed by atoms with Crippen LogP contribution in [0.2, 0.25) is 5.02 Å². The molecule has 162 valence electrons. The molecule has 0 fully saturated rings. The van der Waals surface area contributed by atoms with Crippen LogP contribution in [-0.4, -0.2) is 36.3 Å². The minimum Gasteiger partial charge on any atom is -0.434 e. The number of alkyl halides is 2. The topological polar surface area (TPSA) is 84.6 Å². The van der Waals surface area contributed by atoms with Crippen LogP contribution in [0.1, 0.15) is 43.5 Å². The Balaban J connectivity index is 0.00000420. The fraction of sp³-hybridized carbons (Fsp3) is 0.500. The van der Waals surface area contributed by atoms with Crippen molar-refractivity contribution >= 4 is 41.5 Å². The van der Waals surface area contributed by atoms with Gasteiger partial charge in [-0.3, -0.25) is 4.99 Å². The predicted molar refractivity (Wildman–Crippen MR) is 118 cm³/mol. The van der Waals surface area contributed by atoms with Crippen LogP contribution < -0.4 is 15.4 Å². The molecule has 0 saturated carbocycles. The van der Waals surface area contributed by atoms with Gasteiger partial charge >= 0.3 is 6.61 Å². The number of nitrogens with one attached hydrogen (secondary N) is 2. The maximum absolute atomic E-state index is 12.5. The molecule has 0 atom stereocenters. The summed E-state index contributed by atoms with van der Waals surface area (Å²) in [6.45, 7) is 1.95. The number of aliphatic imine (C=N–C) groups is 1. The summed E-state index contributed by atoms with van der Waals surface area (Å²) >= 11 is 5.95. The van der Waals surface area contributed by atoms with Crippen LogP contribution >= 0.6 is 35.6 Å². The third kappa shape index (κ3) is 8.69. The largest absolute Gasteiger partial charge is 0.434 e. The Morgan fingerprint density at radius 3 is 2.69 bits per heavy atom. The number of nitrogens with zero attached hydrogens (tertiary/aromatic N) is 3. The van der Waals surface area contributed by atoms with E-state index < -0.39 is 6.61 Å². The van der Waals surface area contributed by atoms with Crippen LogP contribution in [0, 0.1) is 0 Å². The average molecular weight is 544 g/mol. The van der Waals surface area contributed by atoms with Crippen molar-refractivity contribution in [2.24, 2.45) is 4.99 Å². The molecule has 1 aromatic heterocycles. The molecule has 2 N–H and O–H groups in total. The highest BCUT2D eigenvalue weighted by Gasteiger charge is 2.12. The van der Waals surface area contributed by atoms with Crippen molar-refractivity contribution in [2.75, 3.05) is 13.6 Å². The number of hydrogen-bond donors (Lipinski definition) is 2. The second-order valence-electron chi connectivity index (χ2n) is 6.29. The van der Waals surface area contributed by atoms with Gasteiger partial charge in [-0.25, -0.2) is 0 Å². The molecule has 0 aliphatic carbocycles. The van der Waals surface area contributed by atoms with Gasteiger partial charge in [-0.15, -0.1) is 24.0 Å². The second kappa shape index (κ2) is 12.8. The molecule has 11 heteroatoms. The molecule has 1 heterocycles. The Labute approximate surface area is 190 Å². The lowest BCUT2D eigenvalue weighted by Gasteiger charge is -2.14. The van der Waals surface area contributed by atoms with Crippen LogP contribution in [0.4, 0.5) is 8.78 Å². The van der Waals surface area contributed by atoms with Gasteiger partial charge in [0, 0.05) is 43.1 Å². The fourth-order valence-corrected chi connectivity index (χ4v) is 2.54. The highest BCUT2D eigenvalue weighted by Crippen LogP contribution is 2.24. The Kier molecular flexibility index (Phi) is 11.2. The van der Waals surface area contributed by atoms with E-state index in [4.69, 9.17) is 16.1 Å². The van der Waals surface area contributed by atoms with Crippen molar-refractivity contribution < 1.29 is 18.0 Å². The van der Waals surface area contributed by atoms with E-state index >= 15 is 0 Å². The average Bonchev–Trinajstić information content (AvgIpc) is 3.12. The van der Waals surface area contributed by atoms with Gasteiger partial charge in [0.15, 0.2) is 11.8 Å². The van der Waals surface area contributed by atoms with Gasteiger partial charge in [-0.2, -0.15) is 13.8 Å². The van der Waals surface area contributed by atoms with Crippen molar-refractivity contribution in [1.29, 1.82) is 0 Å². The first-order valence-corrected chi connectivity index (χ1v) is 9.27. The number of aryl methyl sites for hydroxylation is 1. The summed E-state index contributed by atoms with van der Waals surface area (Å²) in [6, 6.07) is 4.48. The van der Waals surface area contributed by atoms with Crippen molar-refractivity contribution in [3.63, 3.8) is 0 Å². The maximum atomic E-state index is 12.5. The molecule has 2 rings (SSSR count). The standard InChI is InChI=1S/C18H24ClF2N5O2.HI/c1-11(2)16-25-15(28-26-16)5-4-8-23-18(22-3)24-10-12-9-13(19)6-7-14(12)27-17(20)21;/h6-7,9,11,17H,4-5,8,10H2,1-3H3,(H2,22,23,24);1H. The zero-order chi connectivity index (χ0) is 20.5. The minimum absolute atomic E-state index is 0. The third-order valence-corrected chi connectivity index (χ3v) is 4.00. The van der Waals surface area contributed by atoms with E-state index in [1.54, 1.807) is 13.1 Å². The van der Waals surface area contributed by atoms with Crippen molar-refractivity contribution in [2.45, 2.75) is 45.8 Å². The monoisotopic (exact) mass is 543 g/mol. The SMILES string of the molecule is CN=C(NCCCc1nc(C(C)C)no1)NCc1cc(Cl)ccc1OC(F)F.I. The molecule has 0 aliphatic rings. The molecule has 29 heavy (non-hydrogen) atoms. The summed E-state index contributed by atoms with van der Waals surface area (Å²) in [5, 5.41) is 10.5. The third-order valence-electron chi connectivity index (χ3n) is 3.77. The molecule has 0 amide bonds. The van der Waals surface area contributed by atoms with Gasteiger partial charge in [0.05, 0.1) is 0 Å². The quantitative estimate of drug-likeness (QED) is 0.212. The highest BCUT2D eigenvalue weighted by molar-refractivity contribution is 14.0. The number of guanidine groups is 1. The molecular weight excluding hydrogens is 519 g/mol. The molecule has 2 aromatic rings. The van der Waals surface area contributed by atoms with E-state index in [9.17, 15) is 8.78 Å². The van der Waals surface area contributed by atoms with E-state index in [0.29, 0.717) is 41.2 Å². The molecule has 0 radical (unpaired) electrons. The fourth-order valence-electron chi connectivity index (χ4n) is 2.35. The van der Waals surface area contributed by atoms with Gasteiger partial charge in [0.25, 0.3) is 0 Å². The Hall–Kier alpha value is -1.69. The van der Waals surface area contributed by atoms with Crippen molar-refractivity contribution in [3.8, 4) is 5.75 Å². The Morgan fingerprint density at radius 2 is 2.07 bits per heavy atom. The summed E-state index contributed by atoms with van der Waals surface area (Å²) in [5.74, 6) is 2.12. The lowest BCUT2D eigenvalue weighted by atomic mass is 10.2. The van der Waals surface area contributed by atoms with E-state index in [0.717, 1.165) is 6.42 Å². The summed E-state index contributed by atoms with van der Waals surface area (Å²) in [4.78, 5) is 8.43. The van der Waals surface area contributed by atoms with Gasteiger partial charge in [0.1, 0.15) is 5.75 Å². The normalized spacial score (nSPS) is 11.5. The Bertz CT molecular complexity index is 789. The number of benzene rings is 1. The van der Waals surface area contributed by atoms with E-state index in [-0.39, 0.29) is 42.2 Å². The number of hydrogen-bond acceptors (Lipinski definition) is 5. The highest BCUT2D eigenvalue weighted by atomic mass is 127. The molecule has 0 spiro atoms. The van der Waals surface area contributed by atoms with Crippen LogP contribution in [-0.2, 0) is 13.0 Å². The first-order valence-electron chi connectivity index (χ1n) is 8.89. The molecule has 0 saturated heterocycles. The van der Waals surface area contributed by atoms with E-state index in [1.807, 2.05) is 13.8 Å². The zero-order valence-corrected chi connectivity index (χ0v) is 19.5. The smallest absolute Gasteiger partial charge is 0.387 e. The van der Waals surface area contributed by atoms with Gasteiger partial charge in [0.2, 0.25) is 5.89 Å². The zero-order valence-electron chi connectivity index (χ0n) is 16.4. The van der Waals surface area contributed by atoms with Crippen LogP contribution in [0.5, 0.6) is 5.75 Å². The van der Waals surface area contributed by atoms with Crippen LogP contribution in [0.25, 0.3) is 0 Å². The summed E-state index contributed by atoms with van der Waals surface area (Å²) in [7, 11) is 1.62. The number of aromatic nitrogens is 2. The predicted octanol–water partition coefficient (Wildman–Crippen LogP) is 4.36. The maximum Gasteiger partial charge on any atom is 0.387 e. The van der Waals surface area contributed by atoms with Crippen molar-refractivity contribution in [3.05, 3.63) is 40.5 Å². The van der Waals surface area contributed by atoms with E-state index in [2.05, 4.69) is 30.5 Å². The molecule has 0 bridgehead atoms. The number of rotatable bonds is 9. The second-order valence-corrected chi connectivity index (χ2v) is 6.72. The van der Waals surface area contributed by atoms with Crippen LogP contribution in [0.3, 0.4) is 0 Å². The molecule has 0 aliphatic heterocycles. The van der Waals surface area contributed by atoms with Gasteiger partial charge in [-0.1, -0.05) is 30.6 Å².